The first-order valence-electron chi connectivity index (χ1n) is 10.2. The summed E-state index contributed by atoms with van der Waals surface area (Å²) in [6.45, 7) is 4.78. The van der Waals surface area contributed by atoms with Gasteiger partial charge in [0, 0.05) is 44.9 Å². The Bertz CT molecular complexity index is 1020. The normalized spacial score (nSPS) is 13.7. The van der Waals surface area contributed by atoms with Crippen LogP contribution in [0.2, 0.25) is 0 Å². The Morgan fingerprint density at radius 1 is 0.677 bits per heavy atom. The van der Waals surface area contributed by atoms with Crippen LogP contribution in [0.1, 0.15) is 25.0 Å². The maximum Gasteiger partial charge on any atom is 0.246 e. The van der Waals surface area contributed by atoms with Gasteiger partial charge in [-0.25, -0.2) is 0 Å². The smallest absolute Gasteiger partial charge is 0.246 e. The van der Waals surface area contributed by atoms with Crippen LogP contribution in [-0.2, 0) is 12.8 Å². The third-order valence-corrected chi connectivity index (χ3v) is 4.84. The second kappa shape index (κ2) is 8.68. The quantitative estimate of drug-likeness (QED) is 0.541. The Morgan fingerprint density at radius 3 is 1.97 bits per heavy atom. The standard InChI is InChI=1S/C25H26O6/c1-25(2)30-23-8-5-18(13-24(23)31-25)10-12-28-21-6-3-17(4-7-21)9-11-29-22-15-19(26)14-20(27)16-22/h3-8,13-16,26-27H,9-12H2,1-2H3. The Balaban J connectivity index is 1.22. The molecule has 0 aromatic heterocycles. The predicted molar refractivity (Wildman–Crippen MR) is 116 cm³/mol. The van der Waals surface area contributed by atoms with E-state index in [1.54, 1.807) is 0 Å². The van der Waals surface area contributed by atoms with Crippen molar-refractivity contribution in [3.8, 4) is 34.5 Å². The molecule has 0 radical (unpaired) electrons. The van der Waals surface area contributed by atoms with Crippen LogP contribution in [0.3, 0.4) is 0 Å². The minimum atomic E-state index is -0.616. The van der Waals surface area contributed by atoms with E-state index < -0.39 is 5.79 Å². The fraction of sp³-hybridized carbons (Fsp3) is 0.280. The molecule has 0 bridgehead atoms. The molecule has 0 atom stereocenters. The van der Waals surface area contributed by atoms with Gasteiger partial charge in [-0.05, 0) is 35.4 Å². The molecular weight excluding hydrogens is 396 g/mol. The average molecular weight is 422 g/mol. The van der Waals surface area contributed by atoms with Crippen LogP contribution in [0.4, 0.5) is 0 Å². The van der Waals surface area contributed by atoms with Gasteiger partial charge in [0.2, 0.25) is 5.79 Å². The summed E-state index contributed by atoms with van der Waals surface area (Å²) in [5, 5.41) is 19.0. The van der Waals surface area contributed by atoms with Crippen LogP contribution in [0.15, 0.2) is 60.7 Å². The summed E-state index contributed by atoms with van der Waals surface area (Å²) in [7, 11) is 0. The molecule has 2 N–H and O–H groups in total. The second-order valence-electron chi connectivity index (χ2n) is 7.91. The Morgan fingerprint density at radius 2 is 1.26 bits per heavy atom. The lowest BCUT2D eigenvalue weighted by molar-refractivity contribution is -0.0431. The number of rotatable bonds is 8. The highest BCUT2D eigenvalue weighted by molar-refractivity contribution is 5.46. The average Bonchev–Trinajstić information content (AvgIpc) is 3.01. The maximum atomic E-state index is 9.48. The van der Waals surface area contributed by atoms with Crippen LogP contribution in [0.25, 0.3) is 0 Å². The summed E-state index contributed by atoms with van der Waals surface area (Å²) in [5.41, 5.74) is 2.24. The highest BCUT2D eigenvalue weighted by Crippen LogP contribution is 2.39. The van der Waals surface area contributed by atoms with Gasteiger partial charge in [-0.15, -0.1) is 0 Å². The summed E-state index contributed by atoms with van der Waals surface area (Å²) in [4.78, 5) is 0. The van der Waals surface area contributed by atoms with Crippen LogP contribution >= 0.6 is 0 Å². The molecule has 3 aromatic rings. The van der Waals surface area contributed by atoms with Crippen molar-refractivity contribution in [1.29, 1.82) is 0 Å². The SMILES string of the molecule is CC1(C)Oc2ccc(CCOc3ccc(CCOc4cc(O)cc(O)c4)cc3)cc2O1. The van der Waals surface area contributed by atoms with E-state index in [9.17, 15) is 10.2 Å². The fourth-order valence-corrected chi connectivity index (χ4v) is 3.40. The second-order valence-corrected chi connectivity index (χ2v) is 7.91. The number of hydrogen-bond acceptors (Lipinski definition) is 6. The largest absolute Gasteiger partial charge is 0.508 e. The minimum Gasteiger partial charge on any atom is -0.508 e. The van der Waals surface area contributed by atoms with Gasteiger partial charge >= 0.3 is 0 Å². The molecule has 1 aliphatic rings. The molecule has 0 amide bonds. The molecule has 1 aliphatic heterocycles. The molecule has 0 aliphatic carbocycles. The van der Waals surface area contributed by atoms with Gasteiger partial charge in [0.1, 0.15) is 23.0 Å². The van der Waals surface area contributed by atoms with E-state index in [-0.39, 0.29) is 11.5 Å². The first kappa shape index (κ1) is 20.7. The number of aromatic hydroxyl groups is 2. The number of benzene rings is 3. The van der Waals surface area contributed by atoms with E-state index in [1.165, 1.54) is 18.2 Å². The molecule has 4 rings (SSSR count). The first-order valence-corrected chi connectivity index (χ1v) is 10.2. The molecule has 31 heavy (non-hydrogen) atoms. The Hall–Kier alpha value is -3.54. The van der Waals surface area contributed by atoms with Crippen molar-refractivity contribution in [3.63, 3.8) is 0 Å². The third kappa shape index (κ3) is 5.54. The lowest BCUT2D eigenvalue weighted by Gasteiger charge is -2.16. The number of phenolic OH excluding ortho intramolecular Hbond substituents is 2. The van der Waals surface area contributed by atoms with Crippen molar-refractivity contribution >= 4 is 0 Å². The predicted octanol–water partition coefficient (Wildman–Crippen LogP) is 4.85. The zero-order valence-electron chi connectivity index (χ0n) is 17.6. The van der Waals surface area contributed by atoms with Gasteiger partial charge in [0.05, 0.1) is 13.2 Å². The summed E-state index contributed by atoms with van der Waals surface area (Å²) in [6.07, 6.45) is 1.47. The van der Waals surface area contributed by atoms with Crippen LogP contribution < -0.4 is 18.9 Å². The van der Waals surface area contributed by atoms with Gasteiger partial charge in [0.15, 0.2) is 11.5 Å². The van der Waals surface area contributed by atoms with E-state index in [1.807, 2.05) is 56.3 Å². The van der Waals surface area contributed by atoms with Crippen molar-refractivity contribution < 1.29 is 29.2 Å². The molecule has 0 fully saturated rings. The van der Waals surface area contributed by atoms with Crippen molar-refractivity contribution in [2.24, 2.45) is 0 Å². The molecule has 0 saturated carbocycles. The van der Waals surface area contributed by atoms with Crippen molar-refractivity contribution in [3.05, 3.63) is 71.8 Å². The molecule has 0 saturated heterocycles. The van der Waals surface area contributed by atoms with E-state index in [4.69, 9.17) is 18.9 Å². The topological polar surface area (TPSA) is 77.4 Å². The summed E-state index contributed by atoms with van der Waals surface area (Å²) in [5.74, 6) is 2.12. The van der Waals surface area contributed by atoms with Crippen LogP contribution in [-0.4, -0.2) is 29.2 Å². The molecule has 6 nitrogen and oxygen atoms in total. The number of fused-ring (bicyclic) bond motifs is 1. The third-order valence-electron chi connectivity index (χ3n) is 4.84. The Kier molecular flexibility index (Phi) is 5.80. The number of ether oxygens (including phenoxy) is 4. The van der Waals surface area contributed by atoms with Crippen molar-refractivity contribution in [2.75, 3.05) is 13.2 Å². The number of hydrogen-bond donors (Lipinski definition) is 2. The summed E-state index contributed by atoms with van der Waals surface area (Å²) < 4.78 is 23.0. The lowest BCUT2D eigenvalue weighted by Crippen LogP contribution is -2.29. The highest BCUT2D eigenvalue weighted by atomic mass is 16.7. The van der Waals surface area contributed by atoms with Gasteiger partial charge < -0.3 is 29.2 Å². The summed E-state index contributed by atoms with van der Waals surface area (Å²) >= 11 is 0. The zero-order chi connectivity index (χ0) is 21.8. The lowest BCUT2D eigenvalue weighted by atomic mass is 10.1. The first-order chi connectivity index (χ1) is 14.9. The summed E-state index contributed by atoms with van der Waals surface area (Å²) in [6, 6.07) is 18.1. The molecule has 6 heteroatoms. The molecule has 1 heterocycles. The minimum absolute atomic E-state index is 0.0268. The van der Waals surface area contributed by atoms with Crippen LogP contribution in [0, 0.1) is 0 Å². The van der Waals surface area contributed by atoms with E-state index in [0.717, 1.165) is 34.8 Å². The van der Waals surface area contributed by atoms with Gasteiger partial charge in [-0.2, -0.15) is 0 Å². The molecule has 3 aromatic carbocycles. The van der Waals surface area contributed by atoms with Crippen molar-refractivity contribution in [2.45, 2.75) is 32.5 Å². The van der Waals surface area contributed by atoms with Crippen molar-refractivity contribution in [1.82, 2.24) is 0 Å². The van der Waals surface area contributed by atoms with E-state index in [2.05, 4.69) is 0 Å². The molecule has 0 spiro atoms. The van der Waals surface area contributed by atoms with Gasteiger partial charge in [0.25, 0.3) is 0 Å². The van der Waals surface area contributed by atoms with Gasteiger partial charge in [-0.1, -0.05) is 18.2 Å². The fourth-order valence-electron chi connectivity index (χ4n) is 3.40. The molecule has 0 unspecified atom stereocenters. The van der Waals surface area contributed by atoms with Crippen LogP contribution in [0.5, 0.6) is 34.5 Å². The monoisotopic (exact) mass is 422 g/mol. The van der Waals surface area contributed by atoms with E-state index >= 15 is 0 Å². The number of phenols is 2. The zero-order valence-corrected chi connectivity index (χ0v) is 17.6. The van der Waals surface area contributed by atoms with Gasteiger partial charge in [-0.3, -0.25) is 0 Å². The molecule has 162 valence electrons. The highest BCUT2D eigenvalue weighted by Gasteiger charge is 2.31. The van der Waals surface area contributed by atoms with E-state index in [0.29, 0.717) is 25.4 Å². The molecular formula is C25H26O6. The Labute approximate surface area is 181 Å². The maximum absolute atomic E-state index is 9.48.